The zero-order valence-electron chi connectivity index (χ0n) is 14.6. The zero-order chi connectivity index (χ0) is 17.6. The van der Waals surface area contributed by atoms with Gasteiger partial charge in [-0.3, -0.25) is 14.8 Å². The quantitative estimate of drug-likeness (QED) is 0.581. The summed E-state index contributed by atoms with van der Waals surface area (Å²) in [6.45, 7) is 1.95. The van der Waals surface area contributed by atoms with Crippen molar-refractivity contribution in [2.24, 2.45) is 23.2 Å². The van der Waals surface area contributed by atoms with Crippen LogP contribution in [0.25, 0.3) is 0 Å². The molecule has 3 N–H and O–H groups in total. The van der Waals surface area contributed by atoms with Crippen molar-refractivity contribution in [1.82, 2.24) is 10.8 Å². The van der Waals surface area contributed by atoms with Gasteiger partial charge in [-0.2, -0.15) is 0 Å². The summed E-state index contributed by atoms with van der Waals surface area (Å²) in [5.41, 5.74) is 2.75. The predicted molar refractivity (Wildman–Crippen MR) is 92.9 cm³/mol. The van der Waals surface area contributed by atoms with E-state index in [4.69, 9.17) is 5.21 Å². The monoisotopic (exact) mass is 342 g/mol. The molecule has 2 amide bonds. The number of rotatable bonds is 4. The van der Waals surface area contributed by atoms with Gasteiger partial charge in [-0.05, 0) is 80.9 Å². The maximum Gasteiger partial charge on any atom is 0.274 e. The number of benzene rings is 1. The first-order valence-electron chi connectivity index (χ1n) is 9.34. The second-order valence-electron chi connectivity index (χ2n) is 8.46. The molecule has 4 saturated carbocycles. The normalized spacial score (nSPS) is 33.8. The second kappa shape index (κ2) is 6.13. The average Bonchev–Trinajstić information content (AvgIpc) is 2.60. The third kappa shape index (κ3) is 2.95. The lowest BCUT2D eigenvalue weighted by atomic mass is 9.49. The molecule has 0 heterocycles. The lowest BCUT2D eigenvalue weighted by Crippen LogP contribution is -2.53. The molecule has 0 unspecified atom stereocenters. The molecule has 5 heteroatoms. The van der Waals surface area contributed by atoms with Crippen LogP contribution in [0.3, 0.4) is 0 Å². The van der Waals surface area contributed by atoms with E-state index in [0.29, 0.717) is 5.56 Å². The van der Waals surface area contributed by atoms with Gasteiger partial charge in [0.1, 0.15) is 0 Å². The lowest BCUT2D eigenvalue weighted by molar-refractivity contribution is -0.147. The van der Waals surface area contributed by atoms with Crippen molar-refractivity contribution in [3.63, 3.8) is 0 Å². The van der Waals surface area contributed by atoms with Crippen LogP contribution >= 0.6 is 0 Å². The van der Waals surface area contributed by atoms with E-state index in [2.05, 4.69) is 5.32 Å². The molecule has 0 spiro atoms. The van der Waals surface area contributed by atoms with Crippen LogP contribution in [0.5, 0.6) is 0 Å². The summed E-state index contributed by atoms with van der Waals surface area (Å²) < 4.78 is 0. The summed E-state index contributed by atoms with van der Waals surface area (Å²) in [4.78, 5) is 24.7. The van der Waals surface area contributed by atoms with E-state index in [0.717, 1.165) is 42.6 Å². The fourth-order valence-corrected chi connectivity index (χ4v) is 5.84. The molecule has 25 heavy (non-hydrogen) atoms. The number of carbonyl (C=O) groups excluding carboxylic acids is 2. The van der Waals surface area contributed by atoms with Crippen LogP contribution in [0, 0.1) is 23.2 Å². The number of carbonyl (C=O) groups is 2. The summed E-state index contributed by atoms with van der Waals surface area (Å²) in [5.74, 6) is 1.87. The van der Waals surface area contributed by atoms with E-state index >= 15 is 0 Å². The molecule has 5 rings (SSSR count). The SMILES string of the molecule is C[C@@H](NC(=O)C12CC3CC(CC(C3)C1)C2)c1cccc(C(=O)NO)c1. The maximum absolute atomic E-state index is 13.1. The molecule has 0 aliphatic heterocycles. The molecule has 4 fully saturated rings. The number of hydroxylamine groups is 1. The lowest BCUT2D eigenvalue weighted by Gasteiger charge is -2.55. The van der Waals surface area contributed by atoms with E-state index in [1.165, 1.54) is 19.3 Å². The number of amides is 2. The van der Waals surface area contributed by atoms with Crippen molar-refractivity contribution in [3.8, 4) is 0 Å². The standard InChI is InChI=1S/C20H26N2O3/c1-12(16-3-2-4-17(8-16)18(23)22-25)21-19(24)20-9-13-5-14(10-20)7-15(6-13)11-20/h2-4,8,12-15,25H,5-7,9-11H2,1H3,(H,21,24)(H,22,23)/t12-,13?,14?,15?,20?/m1/s1. The van der Waals surface area contributed by atoms with E-state index in [1.54, 1.807) is 23.7 Å². The maximum atomic E-state index is 13.1. The highest BCUT2D eigenvalue weighted by molar-refractivity contribution is 5.93. The Bertz CT molecular complexity index is 665. The Labute approximate surface area is 148 Å². The molecule has 0 radical (unpaired) electrons. The third-order valence-corrected chi connectivity index (χ3v) is 6.62. The van der Waals surface area contributed by atoms with Crippen LogP contribution in [0.15, 0.2) is 24.3 Å². The summed E-state index contributed by atoms with van der Waals surface area (Å²) in [6.07, 6.45) is 7.10. The predicted octanol–water partition coefficient (Wildman–Crippen LogP) is 3.20. The highest BCUT2D eigenvalue weighted by Gasteiger charge is 2.54. The van der Waals surface area contributed by atoms with Crippen molar-refractivity contribution in [2.75, 3.05) is 0 Å². The van der Waals surface area contributed by atoms with E-state index in [9.17, 15) is 9.59 Å². The van der Waals surface area contributed by atoms with Gasteiger partial charge in [-0.1, -0.05) is 12.1 Å². The topological polar surface area (TPSA) is 78.4 Å². The van der Waals surface area contributed by atoms with Gasteiger partial charge in [0.25, 0.3) is 5.91 Å². The molecule has 1 aromatic carbocycles. The Balaban J connectivity index is 1.48. The van der Waals surface area contributed by atoms with Crippen molar-refractivity contribution >= 4 is 11.8 Å². The third-order valence-electron chi connectivity index (χ3n) is 6.62. The smallest absolute Gasteiger partial charge is 0.274 e. The number of hydrogen-bond donors (Lipinski definition) is 3. The first kappa shape index (κ1) is 16.6. The van der Waals surface area contributed by atoms with Crippen LogP contribution < -0.4 is 10.8 Å². The van der Waals surface area contributed by atoms with Gasteiger partial charge in [0, 0.05) is 11.0 Å². The van der Waals surface area contributed by atoms with E-state index in [1.807, 2.05) is 13.0 Å². The molecule has 4 bridgehead atoms. The molecule has 0 aromatic heterocycles. The molecule has 0 saturated heterocycles. The van der Waals surface area contributed by atoms with Crippen molar-refractivity contribution in [1.29, 1.82) is 0 Å². The largest absolute Gasteiger partial charge is 0.349 e. The van der Waals surface area contributed by atoms with Gasteiger partial charge >= 0.3 is 0 Å². The summed E-state index contributed by atoms with van der Waals surface area (Å²) in [5, 5.41) is 12.0. The summed E-state index contributed by atoms with van der Waals surface area (Å²) in [7, 11) is 0. The van der Waals surface area contributed by atoms with Gasteiger partial charge < -0.3 is 5.32 Å². The number of hydrogen-bond acceptors (Lipinski definition) is 3. The van der Waals surface area contributed by atoms with Crippen LogP contribution in [0.1, 0.15) is 67.4 Å². The first-order chi connectivity index (χ1) is 12.0. The van der Waals surface area contributed by atoms with Crippen LogP contribution in [0.2, 0.25) is 0 Å². The fraction of sp³-hybridized carbons (Fsp3) is 0.600. The molecule has 1 aromatic rings. The molecule has 1 atom stereocenters. The van der Waals surface area contributed by atoms with E-state index in [-0.39, 0.29) is 17.4 Å². The van der Waals surface area contributed by atoms with Crippen molar-refractivity contribution in [3.05, 3.63) is 35.4 Å². The minimum absolute atomic E-state index is 0.160. The molecule has 4 aliphatic carbocycles. The first-order valence-corrected chi connectivity index (χ1v) is 9.34. The Kier molecular flexibility index (Phi) is 4.07. The fourth-order valence-electron chi connectivity index (χ4n) is 5.84. The summed E-state index contributed by atoms with van der Waals surface area (Å²) in [6, 6.07) is 6.87. The Hall–Kier alpha value is -1.88. The van der Waals surface area contributed by atoms with E-state index < -0.39 is 5.91 Å². The second-order valence-corrected chi connectivity index (χ2v) is 8.46. The van der Waals surface area contributed by atoms with Gasteiger partial charge in [0.15, 0.2) is 0 Å². The molecule has 4 aliphatic rings. The van der Waals surface area contributed by atoms with Crippen LogP contribution in [-0.4, -0.2) is 17.0 Å². The highest BCUT2D eigenvalue weighted by Crippen LogP contribution is 2.60. The van der Waals surface area contributed by atoms with Gasteiger partial charge in [0.05, 0.1) is 6.04 Å². The van der Waals surface area contributed by atoms with Crippen molar-refractivity contribution in [2.45, 2.75) is 51.5 Å². The molecule has 5 nitrogen and oxygen atoms in total. The molecule has 134 valence electrons. The van der Waals surface area contributed by atoms with Gasteiger partial charge in [0.2, 0.25) is 5.91 Å². The minimum Gasteiger partial charge on any atom is -0.349 e. The van der Waals surface area contributed by atoms with Gasteiger partial charge in [-0.25, -0.2) is 5.48 Å². The van der Waals surface area contributed by atoms with Crippen molar-refractivity contribution < 1.29 is 14.8 Å². The zero-order valence-corrected chi connectivity index (χ0v) is 14.6. The van der Waals surface area contributed by atoms with Crippen LogP contribution in [-0.2, 0) is 4.79 Å². The molecular weight excluding hydrogens is 316 g/mol. The Morgan fingerprint density at radius 3 is 2.28 bits per heavy atom. The van der Waals surface area contributed by atoms with Gasteiger partial charge in [-0.15, -0.1) is 0 Å². The average molecular weight is 342 g/mol. The number of nitrogens with one attached hydrogen (secondary N) is 2. The summed E-state index contributed by atoms with van der Waals surface area (Å²) >= 11 is 0. The Morgan fingerprint density at radius 1 is 1.12 bits per heavy atom. The highest BCUT2D eigenvalue weighted by atomic mass is 16.5. The molecular formula is C20H26N2O3. The minimum atomic E-state index is -0.540. The Morgan fingerprint density at radius 2 is 1.72 bits per heavy atom. The van der Waals surface area contributed by atoms with Crippen LogP contribution in [0.4, 0.5) is 0 Å².